The zero-order chi connectivity index (χ0) is 26.0. The first kappa shape index (κ1) is 28.9. The number of phosphoric acid groups is 3. The highest BCUT2D eigenvalue weighted by Crippen LogP contribution is 2.61. The highest BCUT2D eigenvalue weighted by molar-refractivity contribution is 8.76. The summed E-state index contributed by atoms with van der Waals surface area (Å²) in [4.78, 5) is 54.5. The van der Waals surface area contributed by atoms with Crippen LogP contribution in [0.3, 0.4) is 0 Å². The van der Waals surface area contributed by atoms with Crippen LogP contribution in [-0.2, 0) is 36.3 Å². The van der Waals surface area contributed by atoms with Gasteiger partial charge in [-0.05, 0) is 13.2 Å². The van der Waals surface area contributed by atoms with E-state index in [0.29, 0.717) is 11.2 Å². The van der Waals surface area contributed by atoms with Gasteiger partial charge in [0.1, 0.15) is 29.6 Å². The van der Waals surface area contributed by atoms with Crippen molar-refractivity contribution in [3.05, 3.63) is 12.7 Å². The summed E-state index contributed by atoms with van der Waals surface area (Å²) in [5.74, 6) is 0.142. The van der Waals surface area contributed by atoms with E-state index in [4.69, 9.17) is 20.1 Å². The second kappa shape index (κ2) is 11.4. The lowest BCUT2D eigenvalue weighted by atomic mass is 10.2. The van der Waals surface area contributed by atoms with Gasteiger partial charge in [0.15, 0.2) is 11.5 Å². The van der Waals surface area contributed by atoms with Gasteiger partial charge in [0.05, 0.1) is 19.0 Å². The molecule has 1 fully saturated rings. The minimum Gasteiger partial charge on any atom is -0.756 e. The molecule has 2 aromatic heterocycles. The van der Waals surface area contributed by atoms with Crippen molar-refractivity contribution in [2.24, 2.45) is 0 Å². The van der Waals surface area contributed by atoms with E-state index in [1.165, 1.54) is 38.8 Å². The monoisotopic (exact) mass is 594 g/mol. The summed E-state index contributed by atoms with van der Waals surface area (Å²) in [6, 6.07) is 0. The average molecular weight is 594 g/mol. The highest BCUT2D eigenvalue weighted by Gasteiger charge is 2.40. The molecule has 35 heavy (non-hydrogen) atoms. The van der Waals surface area contributed by atoms with Crippen LogP contribution in [0.1, 0.15) is 19.6 Å². The number of imidazole rings is 1. The lowest BCUT2D eigenvalue weighted by Crippen LogP contribution is -2.31. The van der Waals surface area contributed by atoms with Crippen molar-refractivity contribution in [3.63, 3.8) is 0 Å². The topological polar surface area (TPSA) is 256 Å². The van der Waals surface area contributed by atoms with Crippen LogP contribution >= 0.6 is 45.1 Å². The number of hydrogen-bond acceptors (Lipinski definition) is 17. The van der Waals surface area contributed by atoms with Gasteiger partial charge in [0, 0.05) is 6.42 Å². The maximum atomic E-state index is 12.0. The van der Waals surface area contributed by atoms with Crippen LogP contribution < -0.4 is 20.4 Å². The molecule has 0 aromatic carbocycles. The Balaban J connectivity index is 1.75. The molecule has 198 valence electrons. The molecule has 3 rings (SSSR count). The fraction of sp³-hybridized carbons (Fsp3) is 0.615. The Morgan fingerprint density at radius 3 is 2.63 bits per heavy atom. The molecular weight excluding hydrogens is 575 g/mol. The van der Waals surface area contributed by atoms with Gasteiger partial charge in [0.2, 0.25) is 0 Å². The van der Waals surface area contributed by atoms with Crippen LogP contribution in [0.2, 0.25) is 0 Å². The molecule has 2 aromatic rings. The highest BCUT2D eigenvalue weighted by atomic mass is 33.1. The molecular formula is C13H19N5O12P3S2-3. The molecule has 3 N–H and O–H groups in total. The number of fused-ring (bicyclic) bond motifs is 1. The molecule has 0 spiro atoms. The molecule has 0 saturated carbocycles. The molecule has 0 radical (unpaired) electrons. The minimum absolute atomic E-state index is 0.142. The van der Waals surface area contributed by atoms with Crippen LogP contribution in [0.5, 0.6) is 0 Å². The average Bonchev–Trinajstić information content (AvgIpc) is 3.28. The van der Waals surface area contributed by atoms with Gasteiger partial charge in [-0.2, -0.15) is 0 Å². The molecule has 3 heterocycles. The Labute approximate surface area is 205 Å². The minimum atomic E-state index is -6.02. The molecule has 22 heteroatoms. The largest absolute Gasteiger partial charge is 0.756 e. The number of nitrogens with two attached hydrogens (primary N) is 1. The van der Waals surface area contributed by atoms with E-state index in [2.05, 4.69) is 28.1 Å². The number of anilines is 1. The quantitative estimate of drug-likeness (QED) is 0.184. The van der Waals surface area contributed by atoms with Gasteiger partial charge in [-0.3, -0.25) is 18.3 Å². The predicted octanol–water partition coefficient (Wildman–Crippen LogP) is -0.114. The van der Waals surface area contributed by atoms with E-state index in [0.717, 1.165) is 0 Å². The first-order valence-electron chi connectivity index (χ1n) is 9.36. The number of aromatic nitrogens is 4. The summed E-state index contributed by atoms with van der Waals surface area (Å²) in [5.41, 5.74) is 6.12. The van der Waals surface area contributed by atoms with Gasteiger partial charge < -0.3 is 39.3 Å². The predicted molar refractivity (Wildman–Crippen MR) is 117 cm³/mol. The van der Waals surface area contributed by atoms with Crippen molar-refractivity contribution in [1.82, 2.24) is 19.5 Å². The second-order valence-electron chi connectivity index (χ2n) is 6.77. The van der Waals surface area contributed by atoms with Crippen molar-refractivity contribution in [2.75, 3.05) is 18.6 Å². The van der Waals surface area contributed by atoms with E-state index in [9.17, 15) is 28.4 Å². The van der Waals surface area contributed by atoms with Gasteiger partial charge in [0.25, 0.3) is 23.5 Å². The van der Waals surface area contributed by atoms with Gasteiger partial charge in [-0.15, -0.1) is 0 Å². The van der Waals surface area contributed by atoms with Crippen molar-refractivity contribution >= 4 is 62.0 Å². The maximum Gasteiger partial charge on any atom is 0.280 e. The fourth-order valence-electron chi connectivity index (χ4n) is 3.10. The van der Waals surface area contributed by atoms with Crippen LogP contribution in [0.15, 0.2) is 12.7 Å². The van der Waals surface area contributed by atoms with Crippen molar-refractivity contribution < 1.29 is 55.9 Å². The smallest absolute Gasteiger partial charge is 0.280 e. The second-order valence-corrected chi connectivity index (χ2v) is 13.8. The van der Waals surface area contributed by atoms with E-state index in [-0.39, 0.29) is 17.7 Å². The fourth-order valence-corrected chi connectivity index (χ4v) is 7.41. The lowest BCUT2D eigenvalue weighted by Gasteiger charge is -2.33. The normalized spacial score (nSPS) is 26.7. The van der Waals surface area contributed by atoms with E-state index >= 15 is 0 Å². The first-order valence-corrected chi connectivity index (χ1v) is 16.4. The molecule has 0 bridgehead atoms. The van der Waals surface area contributed by atoms with Crippen LogP contribution in [0.4, 0.5) is 5.82 Å². The zero-order valence-corrected chi connectivity index (χ0v) is 22.2. The molecule has 0 amide bonds. The van der Waals surface area contributed by atoms with Gasteiger partial charge >= 0.3 is 0 Å². The number of nitrogens with zero attached hydrogens (tertiary/aromatic N) is 4. The summed E-state index contributed by atoms with van der Waals surface area (Å²) < 4.78 is 58.7. The zero-order valence-electron chi connectivity index (χ0n) is 17.8. The third kappa shape index (κ3) is 8.18. The summed E-state index contributed by atoms with van der Waals surface area (Å²) in [6.45, 7) is 0.992. The Bertz CT molecular complexity index is 1180. The Morgan fingerprint density at radius 2 is 1.97 bits per heavy atom. The van der Waals surface area contributed by atoms with Gasteiger partial charge in [-0.25, -0.2) is 23.6 Å². The van der Waals surface area contributed by atoms with Gasteiger partial charge in [-0.1, -0.05) is 21.6 Å². The Hall–Kier alpha value is -0.620. The number of phosphoric ester groups is 1. The summed E-state index contributed by atoms with van der Waals surface area (Å²) in [6.07, 6.45) is 2.13. The number of nitrogen functional groups attached to an aromatic ring is 1. The van der Waals surface area contributed by atoms with Crippen LogP contribution in [0.25, 0.3) is 11.2 Å². The lowest BCUT2D eigenvalue weighted by molar-refractivity contribution is -0.250. The van der Waals surface area contributed by atoms with Crippen molar-refractivity contribution in [3.8, 4) is 0 Å². The Morgan fingerprint density at radius 1 is 1.26 bits per heavy atom. The summed E-state index contributed by atoms with van der Waals surface area (Å²) in [5, 5.41) is 0. The number of rotatable bonds is 12. The van der Waals surface area contributed by atoms with Crippen LogP contribution in [-0.4, -0.2) is 54.9 Å². The summed E-state index contributed by atoms with van der Waals surface area (Å²) in [7, 11) is -14.7. The molecule has 1 aliphatic heterocycles. The maximum absolute atomic E-state index is 12.0. The van der Waals surface area contributed by atoms with Crippen LogP contribution in [0, 0.1) is 0 Å². The molecule has 1 aliphatic rings. The van der Waals surface area contributed by atoms with Crippen molar-refractivity contribution in [2.45, 2.75) is 37.2 Å². The number of ether oxygens (including phenoxy) is 2. The van der Waals surface area contributed by atoms with Crippen molar-refractivity contribution in [1.29, 1.82) is 0 Å². The SMILES string of the molecule is CSS[C@H](C)O[C@@H]1C[C@H](n2cnc3c(N)ncnc32)O[C@@H]1COP(=O)([O-])OP(=O)([O-])OP(=O)([O-])O. The number of hydrogen-bond donors (Lipinski definition) is 2. The molecule has 17 nitrogen and oxygen atoms in total. The van der Waals surface area contributed by atoms with E-state index in [1.54, 1.807) is 6.92 Å². The van der Waals surface area contributed by atoms with E-state index < -0.39 is 48.5 Å². The molecule has 0 aliphatic carbocycles. The third-order valence-electron chi connectivity index (χ3n) is 4.28. The molecule has 3 unspecified atom stereocenters. The molecule has 7 atom stereocenters. The molecule has 1 saturated heterocycles. The third-order valence-corrected chi connectivity index (χ3v) is 9.93. The first-order chi connectivity index (χ1) is 16.2. The Kier molecular flexibility index (Phi) is 9.44. The summed E-state index contributed by atoms with van der Waals surface area (Å²) >= 11 is 0. The van der Waals surface area contributed by atoms with E-state index in [1.807, 2.05) is 6.26 Å². The standard InChI is InChI=1S/C13H22N5O12P3S2/c1-7(35-34-2)27-8-3-10(18-6-17-11-12(14)15-5-16-13(11)18)28-9(8)4-26-32(22,23)30-33(24,25)29-31(19,20)21/h5-10H,3-4H2,1-2H3,(H,22,23)(H,24,25)(H2,14,15,16)(H2,19,20,21)/p-3/t7-,8-,9-,10-/m1/s1.